The van der Waals surface area contributed by atoms with E-state index < -0.39 is 15.4 Å². The van der Waals surface area contributed by atoms with Crippen LogP contribution in [-0.4, -0.2) is 43.6 Å². The van der Waals surface area contributed by atoms with Gasteiger partial charge in [-0.05, 0) is 25.1 Å². The van der Waals surface area contributed by atoms with E-state index in [4.69, 9.17) is 10.8 Å². The number of hydrogen-bond donors (Lipinski definition) is 4. The summed E-state index contributed by atoms with van der Waals surface area (Å²) in [6.45, 7) is 1.19. The number of nitrogens with two attached hydrogens (primary N) is 1. The summed E-state index contributed by atoms with van der Waals surface area (Å²) in [6.07, 6.45) is 1.10. The smallest absolute Gasteiger partial charge is 0.175 e. The van der Waals surface area contributed by atoms with Crippen LogP contribution in [0.5, 0.6) is 0 Å². The second-order valence-corrected chi connectivity index (χ2v) is 6.55. The van der Waals surface area contributed by atoms with Crippen molar-refractivity contribution in [1.29, 1.82) is 0 Å². The van der Waals surface area contributed by atoms with Gasteiger partial charge < -0.3 is 21.3 Å². The number of rotatable bonds is 5. The monoisotopic (exact) mass is 274 g/mol. The number of nitrogen functional groups attached to an aromatic ring is 1. The molecule has 0 amide bonds. The molecule has 18 heavy (non-hydrogen) atoms. The Hall–Kier alpha value is -1.31. The van der Waals surface area contributed by atoms with Gasteiger partial charge in [0.1, 0.15) is 5.60 Å². The maximum Gasteiger partial charge on any atom is 0.175 e. The largest absolute Gasteiger partial charge is 0.397 e. The topological polar surface area (TPSA) is 113 Å². The van der Waals surface area contributed by atoms with Gasteiger partial charge in [0, 0.05) is 12.8 Å². The van der Waals surface area contributed by atoms with Crippen molar-refractivity contribution in [3.8, 4) is 0 Å². The maximum absolute atomic E-state index is 11.3. The molecule has 0 radical (unpaired) electrons. The van der Waals surface area contributed by atoms with E-state index in [1.54, 1.807) is 0 Å². The van der Waals surface area contributed by atoms with Crippen molar-refractivity contribution in [3.63, 3.8) is 0 Å². The highest BCUT2D eigenvalue weighted by Crippen LogP contribution is 2.23. The Kier molecular flexibility index (Phi) is 4.20. The molecule has 0 aliphatic rings. The molecule has 1 rings (SSSR count). The Morgan fingerprint density at radius 2 is 2.06 bits per heavy atom. The zero-order valence-corrected chi connectivity index (χ0v) is 11.2. The predicted molar refractivity (Wildman–Crippen MR) is 70.2 cm³/mol. The van der Waals surface area contributed by atoms with Gasteiger partial charge in [-0.25, -0.2) is 8.42 Å². The molecule has 0 aliphatic carbocycles. The quantitative estimate of drug-likeness (QED) is 0.554. The second-order valence-electron chi connectivity index (χ2n) is 4.53. The summed E-state index contributed by atoms with van der Waals surface area (Å²) >= 11 is 0. The van der Waals surface area contributed by atoms with E-state index in [0.717, 1.165) is 6.26 Å². The Bertz CT molecular complexity index is 526. The van der Waals surface area contributed by atoms with Crippen molar-refractivity contribution in [2.45, 2.75) is 17.4 Å². The van der Waals surface area contributed by atoms with Crippen LogP contribution >= 0.6 is 0 Å². The number of sulfone groups is 1. The number of hydrogen-bond acceptors (Lipinski definition) is 6. The van der Waals surface area contributed by atoms with Crippen molar-refractivity contribution in [2.24, 2.45) is 0 Å². The Morgan fingerprint density at radius 1 is 1.44 bits per heavy atom. The normalized spacial score (nSPS) is 15.1. The van der Waals surface area contributed by atoms with Gasteiger partial charge in [0.2, 0.25) is 0 Å². The molecule has 0 bridgehead atoms. The molecule has 0 saturated carbocycles. The van der Waals surface area contributed by atoms with E-state index in [0.29, 0.717) is 5.69 Å². The second kappa shape index (κ2) is 5.13. The minimum Gasteiger partial charge on any atom is -0.397 e. The van der Waals surface area contributed by atoms with Crippen molar-refractivity contribution < 1.29 is 18.6 Å². The number of aliphatic hydroxyl groups excluding tert-OH is 1. The molecule has 0 saturated heterocycles. The van der Waals surface area contributed by atoms with Gasteiger partial charge in [0.25, 0.3) is 0 Å². The van der Waals surface area contributed by atoms with Gasteiger partial charge in [-0.2, -0.15) is 0 Å². The van der Waals surface area contributed by atoms with Crippen molar-refractivity contribution in [3.05, 3.63) is 18.2 Å². The molecule has 1 atom stereocenters. The lowest BCUT2D eigenvalue weighted by atomic mass is 10.1. The molecule has 1 aromatic rings. The van der Waals surface area contributed by atoms with E-state index in [1.165, 1.54) is 25.1 Å². The summed E-state index contributed by atoms with van der Waals surface area (Å²) in [4.78, 5) is 0.138. The molecular formula is C11H18N2O4S. The van der Waals surface area contributed by atoms with Gasteiger partial charge >= 0.3 is 0 Å². The molecule has 1 unspecified atom stereocenters. The fourth-order valence-corrected chi connectivity index (χ4v) is 1.93. The summed E-state index contributed by atoms with van der Waals surface area (Å²) in [6, 6.07) is 4.31. The third-order valence-corrected chi connectivity index (χ3v) is 3.56. The van der Waals surface area contributed by atoms with E-state index in [2.05, 4.69) is 5.32 Å². The molecule has 0 fully saturated rings. The van der Waals surface area contributed by atoms with E-state index >= 15 is 0 Å². The lowest BCUT2D eigenvalue weighted by Crippen LogP contribution is -2.37. The first-order valence-electron chi connectivity index (χ1n) is 5.32. The number of benzene rings is 1. The lowest BCUT2D eigenvalue weighted by molar-refractivity contribution is 0.0132. The first-order chi connectivity index (χ1) is 8.15. The fourth-order valence-electron chi connectivity index (χ4n) is 1.27. The first-order valence-corrected chi connectivity index (χ1v) is 7.21. The zero-order valence-electron chi connectivity index (χ0n) is 10.3. The summed E-state index contributed by atoms with van der Waals surface area (Å²) in [5.41, 5.74) is 5.24. The number of aliphatic hydroxyl groups is 2. The van der Waals surface area contributed by atoms with Crippen molar-refractivity contribution >= 4 is 21.2 Å². The Morgan fingerprint density at radius 3 is 2.50 bits per heavy atom. The minimum atomic E-state index is -3.29. The van der Waals surface area contributed by atoms with Crippen molar-refractivity contribution in [2.75, 3.05) is 30.5 Å². The van der Waals surface area contributed by atoms with Crippen LogP contribution in [0.15, 0.2) is 23.1 Å². The molecule has 0 aliphatic heterocycles. The highest BCUT2D eigenvalue weighted by Gasteiger charge is 2.19. The standard InChI is InChI=1S/C11H18N2O4S/c1-11(15,7-14)6-13-10-4-3-8(5-9(10)12)18(2,16)17/h3-5,13-15H,6-7,12H2,1-2H3. The highest BCUT2D eigenvalue weighted by atomic mass is 32.2. The fraction of sp³-hybridized carbons (Fsp3) is 0.455. The zero-order chi connectivity index (χ0) is 14.0. The molecule has 6 nitrogen and oxygen atoms in total. The maximum atomic E-state index is 11.3. The summed E-state index contributed by atoms with van der Waals surface area (Å²) in [7, 11) is -3.29. The average molecular weight is 274 g/mol. The molecule has 5 N–H and O–H groups in total. The molecule has 102 valence electrons. The number of nitrogens with one attached hydrogen (secondary N) is 1. The van der Waals surface area contributed by atoms with E-state index in [9.17, 15) is 13.5 Å². The molecule has 0 heterocycles. The lowest BCUT2D eigenvalue weighted by Gasteiger charge is -2.22. The van der Waals surface area contributed by atoms with Crippen LogP contribution in [0.4, 0.5) is 11.4 Å². The van der Waals surface area contributed by atoms with Crippen LogP contribution in [-0.2, 0) is 9.84 Å². The SMILES string of the molecule is CC(O)(CO)CNc1ccc(S(C)(=O)=O)cc1N. The van der Waals surface area contributed by atoms with Crippen LogP contribution in [0.1, 0.15) is 6.92 Å². The Labute approximate surface area is 106 Å². The third kappa shape index (κ3) is 3.86. The Balaban J connectivity index is 2.88. The van der Waals surface area contributed by atoms with Gasteiger partial charge in [0.15, 0.2) is 9.84 Å². The summed E-state index contributed by atoms with van der Waals surface area (Å²) in [5, 5.41) is 21.4. The van der Waals surface area contributed by atoms with Gasteiger partial charge in [-0.15, -0.1) is 0 Å². The van der Waals surface area contributed by atoms with Gasteiger partial charge in [-0.3, -0.25) is 0 Å². The number of anilines is 2. The average Bonchev–Trinajstić information content (AvgIpc) is 2.26. The van der Waals surface area contributed by atoms with Crippen molar-refractivity contribution in [1.82, 2.24) is 0 Å². The molecular weight excluding hydrogens is 256 g/mol. The van der Waals surface area contributed by atoms with Gasteiger partial charge in [0.05, 0.1) is 22.9 Å². The molecule has 1 aromatic carbocycles. The molecule has 0 aromatic heterocycles. The van der Waals surface area contributed by atoms with Gasteiger partial charge in [-0.1, -0.05) is 0 Å². The van der Waals surface area contributed by atoms with Crippen LogP contribution in [0.2, 0.25) is 0 Å². The van der Waals surface area contributed by atoms with Crippen LogP contribution in [0.3, 0.4) is 0 Å². The van der Waals surface area contributed by atoms with Crippen LogP contribution in [0.25, 0.3) is 0 Å². The van der Waals surface area contributed by atoms with E-state index in [-0.39, 0.29) is 23.7 Å². The minimum absolute atomic E-state index is 0.103. The third-order valence-electron chi connectivity index (χ3n) is 2.45. The van der Waals surface area contributed by atoms with Crippen LogP contribution < -0.4 is 11.1 Å². The van der Waals surface area contributed by atoms with Crippen LogP contribution in [0, 0.1) is 0 Å². The summed E-state index contributed by atoms with van der Waals surface area (Å²) in [5.74, 6) is 0. The predicted octanol–water partition coefficient (Wildman–Crippen LogP) is -0.172. The first kappa shape index (κ1) is 14.7. The molecule has 7 heteroatoms. The molecule has 0 spiro atoms. The summed E-state index contributed by atoms with van der Waals surface area (Å²) < 4.78 is 22.6. The highest BCUT2D eigenvalue weighted by molar-refractivity contribution is 7.90. The van der Waals surface area contributed by atoms with E-state index in [1.807, 2.05) is 0 Å².